The van der Waals surface area contributed by atoms with Crippen molar-refractivity contribution in [3.8, 4) is 0 Å². The molecule has 1 fully saturated rings. The number of hydrogen-bond acceptors (Lipinski definition) is 4. The van der Waals surface area contributed by atoms with Gasteiger partial charge < -0.3 is 20.5 Å². The van der Waals surface area contributed by atoms with Crippen molar-refractivity contribution in [3.05, 3.63) is 23.8 Å². The molecule has 1 aromatic carbocycles. The number of ether oxygens (including phenoxy) is 2. The van der Waals surface area contributed by atoms with Crippen molar-refractivity contribution in [2.24, 2.45) is 0 Å². The average molecular weight is 244 g/mol. The normalized spacial score (nSPS) is 20.2. The van der Waals surface area contributed by atoms with Gasteiger partial charge in [-0.25, -0.2) is 8.78 Å². The van der Waals surface area contributed by atoms with Gasteiger partial charge >= 0.3 is 0 Å². The molecular weight excluding hydrogens is 230 g/mol. The van der Waals surface area contributed by atoms with Crippen LogP contribution in [0.3, 0.4) is 0 Å². The molecule has 2 rings (SSSR count). The van der Waals surface area contributed by atoms with Crippen molar-refractivity contribution in [2.75, 3.05) is 37.4 Å². The lowest BCUT2D eigenvalue weighted by Gasteiger charge is -2.23. The Hall–Kier alpha value is -1.40. The van der Waals surface area contributed by atoms with Crippen molar-refractivity contribution >= 4 is 11.4 Å². The van der Waals surface area contributed by atoms with Gasteiger partial charge in [0.15, 0.2) is 11.6 Å². The molecule has 1 aliphatic rings. The minimum absolute atomic E-state index is 0.0581. The Morgan fingerprint density at radius 3 is 2.59 bits per heavy atom. The van der Waals surface area contributed by atoms with Crippen LogP contribution in [0, 0.1) is 11.6 Å². The Morgan fingerprint density at radius 1 is 1.29 bits per heavy atom. The van der Waals surface area contributed by atoms with Crippen LogP contribution in [-0.4, -0.2) is 32.5 Å². The van der Waals surface area contributed by atoms with Gasteiger partial charge in [0, 0.05) is 12.2 Å². The van der Waals surface area contributed by atoms with Gasteiger partial charge in [-0.2, -0.15) is 0 Å². The van der Waals surface area contributed by atoms with Gasteiger partial charge in [0.1, 0.15) is 5.69 Å². The molecule has 1 unspecified atom stereocenters. The fraction of sp³-hybridized carbons (Fsp3) is 0.455. The topological polar surface area (TPSA) is 56.5 Å². The minimum Gasteiger partial charge on any atom is -0.399 e. The number of hydrogen-bond donors (Lipinski definition) is 2. The second kappa shape index (κ2) is 5.29. The first-order chi connectivity index (χ1) is 8.16. The first-order valence-corrected chi connectivity index (χ1v) is 5.34. The SMILES string of the molecule is Nc1cc(F)c(NCC2COCCO2)c(F)c1. The van der Waals surface area contributed by atoms with E-state index in [1.165, 1.54) is 0 Å². The van der Waals surface area contributed by atoms with E-state index in [2.05, 4.69) is 5.32 Å². The molecule has 0 bridgehead atoms. The molecule has 0 radical (unpaired) electrons. The van der Waals surface area contributed by atoms with Crippen LogP contribution < -0.4 is 11.1 Å². The Labute approximate surface area is 97.7 Å². The second-order valence-electron chi connectivity index (χ2n) is 3.81. The van der Waals surface area contributed by atoms with E-state index in [1.807, 2.05) is 0 Å². The maximum absolute atomic E-state index is 13.4. The van der Waals surface area contributed by atoms with Gasteiger partial charge in [0.05, 0.1) is 25.9 Å². The maximum atomic E-state index is 13.4. The van der Waals surface area contributed by atoms with Crippen LogP contribution in [-0.2, 0) is 9.47 Å². The van der Waals surface area contributed by atoms with Gasteiger partial charge in [0.25, 0.3) is 0 Å². The summed E-state index contributed by atoms with van der Waals surface area (Å²) in [6.45, 7) is 1.77. The molecule has 1 aromatic rings. The Morgan fingerprint density at radius 2 is 2.00 bits per heavy atom. The molecule has 17 heavy (non-hydrogen) atoms. The summed E-state index contributed by atoms with van der Waals surface area (Å²) in [4.78, 5) is 0. The number of benzene rings is 1. The Kier molecular flexibility index (Phi) is 3.75. The van der Waals surface area contributed by atoms with Crippen LogP contribution in [0.4, 0.5) is 20.2 Å². The zero-order chi connectivity index (χ0) is 12.3. The summed E-state index contributed by atoms with van der Waals surface area (Å²) in [5.74, 6) is -1.42. The second-order valence-corrected chi connectivity index (χ2v) is 3.81. The lowest BCUT2D eigenvalue weighted by Crippen LogP contribution is -2.34. The highest BCUT2D eigenvalue weighted by atomic mass is 19.1. The number of rotatable bonds is 3. The van der Waals surface area contributed by atoms with Gasteiger partial charge in [-0.1, -0.05) is 0 Å². The fourth-order valence-electron chi connectivity index (χ4n) is 1.63. The van der Waals surface area contributed by atoms with E-state index < -0.39 is 11.6 Å². The summed E-state index contributed by atoms with van der Waals surface area (Å²) in [6, 6.07) is 2.15. The number of nitrogens with one attached hydrogen (secondary N) is 1. The molecule has 1 heterocycles. The first kappa shape index (κ1) is 12.1. The van der Waals surface area contributed by atoms with Crippen molar-refractivity contribution in [3.63, 3.8) is 0 Å². The third kappa shape index (κ3) is 3.04. The lowest BCUT2D eigenvalue weighted by atomic mass is 10.2. The minimum atomic E-state index is -0.709. The van der Waals surface area contributed by atoms with E-state index >= 15 is 0 Å². The molecule has 4 nitrogen and oxygen atoms in total. The predicted molar refractivity (Wildman–Crippen MR) is 59.8 cm³/mol. The smallest absolute Gasteiger partial charge is 0.151 e. The molecule has 0 amide bonds. The van der Waals surface area contributed by atoms with Gasteiger partial charge in [-0.05, 0) is 12.1 Å². The summed E-state index contributed by atoms with van der Waals surface area (Å²) in [7, 11) is 0. The third-order valence-electron chi connectivity index (χ3n) is 2.46. The van der Waals surface area contributed by atoms with Crippen LogP contribution in [0.15, 0.2) is 12.1 Å². The van der Waals surface area contributed by atoms with Crippen molar-refractivity contribution in [1.82, 2.24) is 0 Å². The molecule has 1 saturated heterocycles. The first-order valence-electron chi connectivity index (χ1n) is 5.34. The van der Waals surface area contributed by atoms with Crippen LogP contribution >= 0.6 is 0 Å². The summed E-state index contributed by atoms with van der Waals surface area (Å²) >= 11 is 0. The lowest BCUT2D eigenvalue weighted by molar-refractivity contribution is -0.0819. The van der Waals surface area contributed by atoms with E-state index in [0.717, 1.165) is 12.1 Å². The number of nitrogen functional groups attached to an aromatic ring is 1. The van der Waals surface area contributed by atoms with Gasteiger partial charge in [-0.3, -0.25) is 0 Å². The highest BCUT2D eigenvalue weighted by Crippen LogP contribution is 2.22. The third-order valence-corrected chi connectivity index (χ3v) is 2.46. The average Bonchev–Trinajstić information content (AvgIpc) is 2.29. The van der Waals surface area contributed by atoms with Crippen LogP contribution in [0.25, 0.3) is 0 Å². The monoisotopic (exact) mass is 244 g/mol. The van der Waals surface area contributed by atoms with E-state index in [-0.39, 0.29) is 24.0 Å². The standard InChI is InChI=1S/C11H14F2N2O2/c12-9-3-7(14)4-10(13)11(9)15-5-8-6-16-1-2-17-8/h3-4,8,15H,1-2,5-6,14H2. The molecule has 0 aromatic heterocycles. The van der Waals surface area contributed by atoms with E-state index in [0.29, 0.717) is 19.8 Å². The molecular formula is C11H14F2N2O2. The molecule has 1 aliphatic heterocycles. The number of halogens is 2. The highest BCUT2D eigenvalue weighted by molar-refractivity contribution is 5.54. The summed E-state index contributed by atoms with van der Waals surface area (Å²) in [5, 5.41) is 2.67. The summed E-state index contributed by atoms with van der Waals surface area (Å²) < 4.78 is 37.3. The van der Waals surface area contributed by atoms with Crippen molar-refractivity contribution in [2.45, 2.75) is 6.10 Å². The van der Waals surface area contributed by atoms with E-state index in [9.17, 15) is 8.78 Å². The molecule has 3 N–H and O–H groups in total. The molecule has 1 atom stereocenters. The molecule has 0 spiro atoms. The van der Waals surface area contributed by atoms with Crippen LogP contribution in [0.5, 0.6) is 0 Å². The summed E-state index contributed by atoms with van der Waals surface area (Å²) in [6.07, 6.45) is -0.194. The molecule has 6 heteroatoms. The predicted octanol–water partition coefficient (Wildman–Crippen LogP) is 1.37. The van der Waals surface area contributed by atoms with Crippen molar-refractivity contribution in [1.29, 1.82) is 0 Å². The van der Waals surface area contributed by atoms with Gasteiger partial charge in [-0.15, -0.1) is 0 Å². The Balaban J connectivity index is 1.98. The Bertz CT molecular complexity index is 372. The number of anilines is 2. The zero-order valence-corrected chi connectivity index (χ0v) is 9.21. The van der Waals surface area contributed by atoms with Gasteiger partial charge in [0.2, 0.25) is 0 Å². The molecule has 0 saturated carbocycles. The zero-order valence-electron chi connectivity index (χ0n) is 9.21. The largest absolute Gasteiger partial charge is 0.399 e. The quantitative estimate of drug-likeness (QED) is 0.788. The fourth-order valence-corrected chi connectivity index (χ4v) is 1.63. The molecule has 94 valence electrons. The molecule has 0 aliphatic carbocycles. The van der Waals surface area contributed by atoms with Crippen LogP contribution in [0.1, 0.15) is 0 Å². The van der Waals surface area contributed by atoms with E-state index in [4.69, 9.17) is 15.2 Å². The van der Waals surface area contributed by atoms with Crippen LogP contribution in [0.2, 0.25) is 0 Å². The number of nitrogens with two attached hydrogens (primary N) is 1. The maximum Gasteiger partial charge on any atom is 0.151 e. The van der Waals surface area contributed by atoms with Crippen molar-refractivity contribution < 1.29 is 18.3 Å². The van der Waals surface area contributed by atoms with E-state index in [1.54, 1.807) is 0 Å². The summed E-state index contributed by atoms with van der Waals surface area (Å²) in [5.41, 5.74) is 5.19. The highest BCUT2D eigenvalue weighted by Gasteiger charge is 2.16.